The Morgan fingerprint density at radius 3 is 2.88 bits per heavy atom. The van der Waals surface area contributed by atoms with Gasteiger partial charge in [-0.25, -0.2) is 8.42 Å². The van der Waals surface area contributed by atoms with Crippen LogP contribution in [0.15, 0.2) is 4.52 Å². The van der Waals surface area contributed by atoms with Crippen LogP contribution in [0, 0.1) is 5.92 Å². The molecule has 1 fully saturated rings. The van der Waals surface area contributed by atoms with E-state index in [0.717, 1.165) is 18.7 Å². The zero-order valence-electron chi connectivity index (χ0n) is 9.14. The third kappa shape index (κ3) is 3.90. The molecule has 90 valence electrons. The van der Waals surface area contributed by atoms with Crippen molar-refractivity contribution in [3.8, 4) is 0 Å². The highest BCUT2D eigenvalue weighted by atomic mass is 32.2. The molecule has 1 aliphatic rings. The summed E-state index contributed by atoms with van der Waals surface area (Å²) >= 11 is 0. The molecular weight excluding hydrogens is 230 g/mol. The molecule has 0 amide bonds. The van der Waals surface area contributed by atoms with Crippen LogP contribution in [0.2, 0.25) is 0 Å². The van der Waals surface area contributed by atoms with E-state index in [1.165, 1.54) is 12.8 Å². The van der Waals surface area contributed by atoms with Crippen LogP contribution in [0.5, 0.6) is 0 Å². The van der Waals surface area contributed by atoms with E-state index in [1.807, 2.05) is 0 Å². The third-order valence-corrected chi connectivity index (χ3v) is 3.09. The summed E-state index contributed by atoms with van der Waals surface area (Å²) in [6.45, 7) is 1.47. The SMILES string of the molecule is CS(=O)(=O)Cc1noc(CNCC2CC2)n1. The van der Waals surface area contributed by atoms with Gasteiger partial charge < -0.3 is 9.84 Å². The lowest BCUT2D eigenvalue weighted by Crippen LogP contribution is -2.16. The average Bonchev–Trinajstić information content (AvgIpc) is 2.86. The van der Waals surface area contributed by atoms with Gasteiger partial charge in [-0.2, -0.15) is 4.98 Å². The maximum atomic E-state index is 11.0. The van der Waals surface area contributed by atoms with Crippen molar-refractivity contribution in [2.75, 3.05) is 12.8 Å². The topological polar surface area (TPSA) is 85.1 Å². The Labute approximate surface area is 94.3 Å². The van der Waals surface area contributed by atoms with E-state index in [0.29, 0.717) is 12.4 Å². The van der Waals surface area contributed by atoms with Crippen LogP contribution >= 0.6 is 0 Å². The highest BCUT2D eigenvalue weighted by Crippen LogP contribution is 2.27. The van der Waals surface area contributed by atoms with Crippen LogP contribution in [0.1, 0.15) is 24.6 Å². The Kier molecular flexibility index (Phi) is 3.25. The van der Waals surface area contributed by atoms with Gasteiger partial charge >= 0.3 is 0 Å². The minimum atomic E-state index is -3.09. The molecule has 16 heavy (non-hydrogen) atoms. The summed E-state index contributed by atoms with van der Waals surface area (Å²) in [4.78, 5) is 3.99. The first kappa shape index (κ1) is 11.5. The lowest BCUT2D eigenvalue weighted by Gasteiger charge is -1.97. The molecule has 0 aliphatic heterocycles. The van der Waals surface area contributed by atoms with Crippen molar-refractivity contribution in [1.29, 1.82) is 0 Å². The molecule has 0 radical (unpaired) electrons. The van der Waals surface area contributed by atoms with Crippen LogP contribution in [0.3, 0.4) is 0 Å². The third-order valence-electron chi connectivity index (χ3n) is 2.31. The summed E-state index contributed by atoms with van der Waals surface area (Å²) in [5.74, 6) is 1.29. The van der Waals surface area contributed by atoms with Gasteiger partial charge in [-0.05, 0) is 25.3 Å². The zero-order valence-corrected chi connectivity index (χ0v) is 9.96. The van der Waals surface area contributed by atoms with E-state index < -0.39 is 9.84 Å². The fourth-order valence-corrected chi connectivity index (χ4v) is 1.95. The average molecular weight is 245 g/mol. The molecule has 1 heterocycles. The largest absolute Gasteiger partial charge is 0.338 e. The quantitative estimate of drug-likeness (QED) is 0.766. The van der Waals surface area contributed by atoms with Crippen LogP contribution in [0.4, 0.5) is 0 Å². The van der Waals surface area contributed by atoms with E-state index >= 15 is 0 Å². The fourth-order valence-electron chi connectivity index (χ4n) is 1.36. The van der Waals surface area contributed by atoms with Crippen molar-refractivity contribution < 1.29 is 12.9 Å². The molecule has 0 unspecified atom stereocenters. The molecule has 7 heteroatoms. The fraction of sp³-hybridized carbons (Fsp3) is 0.778. The maximum absolute atomic E-state index is 11.0. The molecule has 0 spiro atoms. The van der Waals surface area contributed by atoms with Crippen molar-refractivity contribution in [2.45, 2.75) is 25.1 Å². The van der Waals surface area contributed by atoms with Gasteiger partial charge in [0.1, 0.15) is 5.75 Å². The molecule has 1 aromatic heterocycles. The first-order valence-corrected chi connectivity index (χ1v) is 7.29. The smallest absolute Gasteiger partial charge is 0.240 e. The highest BCUT2D eigenvalue weighted by Gasteiger charge is 2.20. The Morgan fingerprint density at radius 1 is 1.50 bits per heavy atom. The van der Waals surface area contributed by atoms with Crippen LogP contribution < -0.4 is 5.32 Å². The minimum Gasteiger partial charge on any atom is -0.338 e. The monoisotopic (exact) mass is 245 g/mol. The Balaban J connectivity index is 1.81. The lowest BCUT2D eigenvalue weighted by atomic mass is 10.4. The van der Waals surface area contributed by atoms with Gasteiger partial charge in [0.2, 0.25) is 5.89 Å². The molecule has 1 N–H and O–H groups in total. The van der Waals surface area contributed by atoms with Gasteiger partial charge in [0, 0.05) is 6.26 Å². The van der Waals surface area contributed by atoms with E-state index in [9.17, 15) is 8.42 Å². The van der Waals surface area contributed by atoms with Crippen LogP contribution in [0.25, 0.3) is 0 Å². The van der Waals surface area contributed by atoms with Gasteiger partial charge in [0.25, 0.3) is 0 Å². The second kappa shape index (κ2) is 4.50. The van der Waals surface area contributed by atoms with Crippen molar-refractivity contribution in [3.05, 3.63) is 11.7 Å². The normalized spacial score (nSPS) is 16.6. The van der Waals surface area contributed by atoms with Gasteiger partial charge in [-0.15, -0.1) is 0 Å². The molecule has 0 saturated heterocycles. The number of rotatable bonds is 6. The highest BCUT2D eigenvalue weighted by molar-refractivity contribution is 7.89. The molecule has 0 aromatic carbocycles. The molecule has 1 saturated carbocycles. The number of sulfone groups is 1. The molecule has 6 nitrogen and oxygen atoms in total. The Bertz CT molecular complexity index is 450. The molecule has 1 aliphatic carbocycles. The van der Waals surface area contributed by atoms with Crippen LogP contribution in [-0.2, 0) is 22.1 Å². The minimum absolute atomic E-state index is 0.168. The van der Waals surface area contributed by atoms with Gasteiger partial charge in [-0.1, -0.05) is 5.16 Å². The molecule has 0 bridgehead atoms. The van der Waals surface area contributed by atoms with E-state index in [2.05, 4.69) is 15.5 Å². The summed E-state index contributed by atoms with van der Waals surface area (Å²) in [6, 6.07) is 0. The molecular formula is C9H15N3O3S. The van der Waals surface area contributed by atoms with E-state index in [1.54, 1.807) is 0 Å². The first-order valence-electron chi connectivity index (χ1n) is 5.23. The first-order chi connectivity index (χ1) is 7.53. The van der Waals surface area contributed by atoms with E-state index in [-0.39, 0.29) is 11.6 Å². The number of nitrogens with one attached hydrogen (secondary N) is 1. The van der Waals surface area contributed by atoms with Gasteiger partial charge in [-0.3, -0.25) is 0 Å². The maximum Gasteiger partial charge on any atom is 0.240 e. The number of hydrogen-bond acceptors (Lipinski definition) is 6. The predicted molar refractivity (Wildman–Crippen MR) is 57.3 cm³/mol. The Morgan fingerprint density at radius 2 is 2.25 bits per heavy atom. The summed E-state index contributed by atoms with van der Waals surface area (Å²) in [6.07, 6.45) is 3.72. The second-order valence-corrected chi connectivity index (χ2v) is 6.39. The van der Waals surface area contributed by atoms with E-state index in [4.69, 9.17) is 4.52 Å². The van der Waals surface area contributed by atoms with Crippen molar-refractivity contribution >= 4 is 9.84 Å². The van der Waals surface area contributed by atoms with Crippen LogP contribution in [-0.4, -0.2) is 31.4 Å². The predicted octanol–water partition coefficient (Wildman–Crippen LogP) is 0.114. The van der Waals surface area contributed by atoms with Crippen molar-refractivity contribution in [1.82, 2.24) is 15.5 Å². The Hall–Kier alpha value is -0.950. The number of aromatic nitrogens is 2. The van der Waals surface area contributed by atoms with Crippen molar-refractivity contribution in [2.24, 2.45) is 5.92 Å². The van der Waals surface area contributed by atoms with Gasteiger partial charge in [0.05, 0.1) is 6.54 Å². The standard InChI is InChI=1S/C9H15N3O3S/c1-16(13,14)6-8-11-9(15-12-8)5-10-4-7-2-3-7/h7,10H,2-6H2,1H3. The zero-order chi connectivity index (χ0) is 11.6. The molecule has 1 aromatic rings. The number of nitrogens with zero attached hydrogens (tertiary/aromatic N) is 2. The lowest BCUT2D eigenvalue weighted by molar-refractivity contribution is 0.363. The summed E-state index contributed by atoms with van der Waals surface area (Å²) < 4.78 is 26.9. The van der Waals surface area contributed by atoms with Crippen molar-refractivity contribution in [3.63, 3.8) is 0 Å². The van der Waals surface area contributed by atoms with Gasteiger partial charge in [0.15, 0.2) is 15.7 Å². The number of hydrogen-bond donors (Lipinski definition) is 1. The second-order valence-electron chi connectivity index (χ2n) is 4.25. The molecule has 2 rings (SSSR count). The summed E-state index contributed by atoms with van der Waals surface area (Å²) in [5, 5.41) is 6.80. The summed E-state index contributed by atoms with van der Waals surface area (Å²) in [7, 11) is -3.09. The summed E-state index contributed by atoms with van der Waals surface area (Å²) in [5.41, 5.74) is 0. The molecule has 0 atom stereocenters.